The lowest BCUT2D eigenvalue weighted by molar-refractivity contribution is -0.147. The van der Waals surface area contributed by atoms with Gasteiger partial charge in [0, 0.05) is 12.1 Å². The highest BCUT2D eigenvalue weighted by molar-refractivity contribution is 5.92. The van der Waals surface area contributed by atoms with E-state index < -0.39 is 18.5 Å². The lowest BCUT2D eigenvalue weighted by Crippen LogP contribution is -2.21. The van der Waals surface area contributed by atoms with Crippen LogP contribution in [-0.2, 0) is 20.7 Å². The molecule has 4 aromatic rings. The number of amides is 1. The zero-order valence-corrected chi connectivity index (χ0v) is 18.5. The molecule has 0 aliphatic heterocycles. The Morgan fingerprint density at radius 2 is 1.62 bits per heavy atom. The van der Waals surface area contributed by atoms with Gasteiger partial charge in [0.25, 0.3) is 11.5 Å². The Balaban J connectivity index is 1.22. The van der Waals surface area contributed by atoms with E-state index in [0.29, 0.717) is 28.2 Å². The minimum absolute atomic E-state index is 0.0143. The van der Waals surface area contributed by atoms with Crippen molar-refractivity contribution in [3.05, 3.63) is 94.5 Å². The molecule has 0 atom stereocenters. The molecule has 0 aliphatic rings. The summed E-state index contributed by atoms with van der Waals surface area (Å²) in [4.78, 5) is 43.2. The maximum atomic E-state index is 12.1. The summed E-state index contributed by atoms with van der Waals surface area (Å²) in [6, 6.07) is 21.5. The van der Waals surface area contributed by atoms with Crippen molar-refractivity contribution in [2.45, 2.75) is 19.8 Å². The molecule has 0 saturated carbocycles. The van der Waals surface area contributed by atoms with Gasteiger partial charge in [0.15, 0.2) is 6.61 Å². The number of benzene rings is 3. The smallest absolute Gasteiger partial charge is 0.306 e. The second-order valence-corrected chi connectivity index (χ2v) is 7.68. The van der Waals surface area contributed by atoms with Crippen LogP contribution in [0.3, 0.4) is 0 Å². The van der Waals surface area contributed by atoms with Crippen molar-refractivity contribution in [3.8, 4) is 11.5 Å². The number of carbonyl (C=O) groups is 2. The van der Waals surface area contributed by atoms with Crippen molar-refractivity contribution in [2.24, 2.45) is 0 Å². The molecule has 0 fully saturated rings. The number of carbonyl (C=O) groups excluding carboxylic acids is 2. The Hall–Kier alpha value is -4.46. The van der Waals surface area contributed by atoms with Gasteiger partial charge in [-0.2, -0.15) is 0 Å². The van der Waals surface area contributed by atoms with E-state index in [-0.39, 0.29) is 18.4 Å². The number of rotatable bonds is 8. The highest BCUT2D eigenvalue weighted by Gasteiger charge is 2.10. The molecule has 2 N–H and O–H groups in total. The van der Waals surface area contributed by atoms with Crippen molar-refractivity contribution >= 4 is 28.5 Å². The van der Waals surface area contributed by atoms with E-state index in [1.54, 1.807) is 48.5 Å². The van der Waals surface area contributed by atoms with Gasteiger partial charge >= 0.3 is 5.97 Å². The fraction of sp³-hybridized carbons (Fsp3) is 0.154. The number of anilines is 1. The van der Waals surface area contributed by atoms with E-state index in [1.165, 1.54) is 0 Å². The number of aromatic amines is 1. The van der Waals surface area contributed by atoms with Gasteiger partial charge in [-0.25, -0.2) is 4.98 Å². The van der Waals surface area contributed by atoms with Crippen LogP contribution in [0, 0.1) is 6.92 Å². The molecule has 8 heteroatoms. The number of nitrogens with zero attached hydrogens (tertiary/aromatic N) is 1. The Bertz CT molecular complexity index is 1360. The summed E-state index contributed by atoms with van der Waals surface area (Å²) < 4.78 is 10.8. The fourth-order valence-electron chi connectivity index (χ4n) is 3.24. The number of aryl methyl sites for hydroxylation is 2. The van der Waals surface area contributed by atoms with Gasteiger partial charge in [0.05, 0.1) is 17.3 Å². The van der Waals surface area contributed by atoms with Gasteiger partial charge in [0.2, 0.25) is 0 Å². The molecule has 0 saturated heterocycles. The number of H-pyrrole nitrogens is 1. The first-order valence-corrected chi connectivity index (χ1v) is 10.7. The van der Waals surface area contributed by atoms with Crippen LogP contribution >= 0.6 is 0 Å². The van der Waals surface area contributed by atoms with Crippen LogP contribution in [0.1, 0.15) is 17.8 Å². The van der Waals surface area contributed by atoms with E-state index in [0.717, 1.165) is 11.3 Å². The van der Waals surface area contributed by atoms with Gasteiger partial charge in [-0.3, -0.25) is 14.4 Å². The standard InChI is InChI=1S/C26H23N3O5/c1-17-6-10-19(11-7-17)34-20-12-8-18(9-13-20)27-24(30)16-33-25(31)15-14-23-28-22-5-3-2-4-21(22)26(32)29-23/h2-13H,14-16H2,1H3,(H,27,30)(H,28,29,32). The number of esters is 1. The number of ether oxygens (including phenoxy) is 2. The van der Waals surface area contributed by atoms with Gasteiger partial charge in [-0.05, 0) is 55.5 Å². The zero-order valence-electron chi connectivity index (χ0n) is 18.5. The molecule has 0 spiro atoms. The van der Waals surface area contributed by atoms with Gasteiger partial charge in [-0.1, -0.05) is 29.8 Å². The SMILES string of the molecule is Cc1ccc(Oc2ccc(NC(=O)COC(=O)CCc3nc4ccccc4c(=O)[nH]3)cc2)cc1. The Kier molecular flexibility index (Phi) is 6.98. The molecule has 0 unspecified atom stereocenters. The van der Waals surface area contributed by atoms with E-state index in [4.69, 9.17) is 9.47 Å². The predicted molar refractivity (Wildman–Crippen MR) is 128 cm³/mol. The van der Waals surface area contributed by atoms with Crippen LogP contribution < -0.4 is 15.6 Å². The van der Waals surface area contributed by atoms with E-state index >= 15 is 0 Å². The predicted octanol–water partition coefficient (Wildman–Crippen LogP) is 4.14. The number of fused-ring (bicyclic) bond motifs is 1. The molecule has 8 nitrogen and oxygen atoms in total. The quantitative estimate of drug-likeness (QED) is 0.385. The number of nitrogens with one attached hydrogen (secondary N) is 2. The number of para-hydroxylation sites is 1. The monoisotopic (exact) mass is 457 g/mol. The van der Waals surface area contributed by atoms with Crippen molar-refractivity contribution in [3.63, 3.8) is 0 Å². The second-order valence-electron chi connectivity index (χ2n) is 7.68. The Morgan fingerprint density at radius 1 is 0.941 bits per heavy atom. The zero-order chi connectivity index (χ0) is 23.9. The minimum atomic E-state index is -0.562. The molecule has 1 amide bonds. The highest BCUT2D eigenvalue weighted by atomic mass is 16.5. The van der Waals surface area contributed by atoms with E-state index in [2.05, 4.69) is 15.3 Å². The van der Waals surface area contributed by atoms with E-state index in [1.807, 2.05) is 31.2 Å². The van der Waals surface area contributed by atoms with E-state index in [9.17, 15) is 14.4 Å². The summed E-state index contributed by atoms with van der Waals surface area (Å²) in [5, 5.41) is 3.15. The van der Waals surface area contributed by atoms with Crippen LogP contribution in [-0.4, -0.2) is 28.5 Å². The first-order valence-electron chi connectivity index (χ1n) is 10.7. The van der Waals surface area contributed by atoms with Crippen molar-refractivity contribution in [1.29, 1.82) is 0 Å². The minimum Gasteiger partial charge on any atom is -0.457 e. The molecule has 1 heterocycles. The van der Waals surface area contributed by atoms with Crippen LogP contribution in [0.4, 0.5) is 5.69 Å². The molecular weight excluding hydrogens is 434 g/mol. The fourth-order valence-corrected chi connectivity index (χ4v) is 3.24. The summed E-state index contributed by atoms with van der Waals surface area (Å²) in [5.74, 6) is 0.717. The van der Waals surface area contributed by atoms with Crippen LogP contribution in [0.25, 0.3) is 10.9 Å². The van der Waals surface area contributed by atoms with Gasteiger partial charge < -0.3 is 19.8 Å². The lowest BCUT2D eigenvalue weighted by Gasteiger charge is -2.09. The third-order valence-corrected chi connectivity index (χ3v) is 4.99. The van der Waals surface area contributed by atoms with Crippen LogP contribution in [0.2, 0.25) is 0 Å². The molecule has 0 radical (unpaired) electrons. The normalized spacial score (nSPS) is 10.6. The Labute approximate surface area is 195 Å². The maximum Gasteiger partial charge on any atom is 0.306 e. The van der Waals surface area contributed by atoms with Crippen molar-refractivity contribution < 1.29 is 19.1 Å². The molecular formula is C26H23N3O5. The molecule has 172 valence electrons. The van der Waals surface area contributed by atoms with Crippen LogP contribution in [0.5, 0.6) is 11.5 Å². The third-order valence-electron chi connectivity index (χ3n) is 4.99. The number of hydrogen-bond donors (Lipinski definition) is 2. The molecule has 0 aliphatic carbocycles. The number of aromatic nitrogens is 2. The summed E-state index contributed by atoms with van der Waals surface area (Å²) in [7, 11) is 0. The van der Waals surface area contributed by atoms with Crippen LogP contribution in [0.15, 0.2) is 77.6 Å². The first-order chi connectivity index (χ1) is 16.5. The third kappa shape index (κ3) is 6.07. The average molecular weight is 457 g/mol. The summed E-state index contributed by atoms with van der Waals surface area (Å²) >= 11 is 0. The summed E-state index contributed by atoms with van der Waals surface area (Å²) in [6.45, 7) is 1.59. The largest absolute Gasteiger partial charge is 0.457 e. The molecule has 4 rings (SSSR count). The molecule has 1 aromatic heterocycles. The Morgan fingerprint density at radius 3 is 2.35 bits per heavy atom. The topological polar surface area (TPSA) is 110 Å². The lowest BCUT2D eigenvalue weighted by atomic mass is 10.2. The highest BCUT2D eigenvalue weighted by Crippen LogP contribution is 2.23. The molecule has 3 aromatic carbocycles. The maximum absolute atomic E-state index is 12.1. The summed E-state index contributed by atoms with van der Waals surface area (Å²) in [5.41, 5.74) is 1.99. The van der Waals surface area contributed by atoms with Gasteiger partial charge in [-0.15, -0.1) is 0 Å². The van der Waals surface area contributed by atoms with Crippen molar-refractivity contribution in [1.82, 2.24) is 9.97 Å². The van der Waals surface area contributed by atoms with Crippen molar-refractivity contribution in [2.75, 3.05) is 11.9 Å². The average Bonchev–Trinajstić information content (AvgIpc) is 2.84. The second kappa shape index (κ2) is 10.4. The van der Waals surface area contributed by atoms with Gasteiger partial charge in [0.1, 0.15) is 17.3 Å². The first kappa shape index (κ1) is 22.7. The molecule has 0 bridgehead atoms. The number of hydrogen-bond acceptors (Lipinski definition) is 6. The summed E-state index contributed by atoms with van der Waals surface area (Å²) in [6.07, 6.45) is 0.183. The molecule has 34 heavy (non-hydrogen) atoms.